The second-order valence-corrected chi connectivity index (χ2v) is 6.73. The molecule has 1 aromatic carbocycles. The molecule has 0 spiro atoms. The summed E-state index contributed by atoms with van der Waals surface area (Å²) in [6.45, 7) is 0.672. The Balaban J connectivity index is 1.63. The van der Waals surface area contributed by atoms with E-state index in [1.165, 1.54) is 16.9 Å². The van der Waals surface area contributed by atoms with Gasteiger partial charge in [0.2, 0.25) is 0 Å². The topological polar surface area (TPSA) is 46.3 Å². The van der Waals surface area contributed by atoms with Crippen molar-refractivity contribution in [1.82, 2.24) is 5.16 Å². The maximum atomic E-state index is 12.6. The molecule has 0 radical (unpaired) electrons. The van der Waals surface area contributed by atoms with Gasteiger partial charge in [0.25, 0.3) is 5.91 Å². The highest BCUT2D eigenvalue weighted by molar-refractivity contribution is 7.19. The van der Waals surface area contributed by atoms with Gasteiger partial charge in [-0.05, 0) is 30.2 Å². The van der Waals surface area contributed by atoms with Gasteiger partial charge in [-0.25, -0.2) is 0 Å². The fourth-order valence-corrected chi connectivity index (χ4v) is 3.62. The first-order chi connectivity index (χ1) is 10.7. The minimum absolute atomic E-state index is 0.136. The third kappa shape index (κ3) is 2.23. The normalized spacial score (nSPS) is 13.4. The van der Waals surface area contributed by atoms with Gasteiger partial charge in [0, 0.05) is 18.3 Å². The summed E-state index contributed by atoms with van der Waals surface area (Å²) in [6, 6.07) is 13.2. The third-order valence-corrected chi connectivity index (χ3v) is 4.92. The SMILES string of the molecule is O=C(c1cc(-c2ccc(Cl)s2)on1)N1CCc2ccccc21. The number of nitrogens with zero attached hydrogens (tertiary/aromatic N) is 2. The molecule has 110 valence electrons. The first kappa shape index (κ1) is 13.5. The van der Waals surface area contributed by atoms with E-state index in [1.54, 1.807) is 17.0 Å². The van der Waals surface area contributed by atoms with E-state index in [9.17, 15) is 4.79 Å². The van der Waals surface area contributed by atoms with Crippen molar-refractivity contribution < 1.29 is 9.32 Å². The summed E-state index contributed by atoms with van der Waals surface area (Å²) in [5.74, 6) is 0.426. The average Bonchev–Trinajstić information content (AvgIpc) is 3.25. The lowest BCUT2D eigenvalue weighted by Crippen LogP contribution is -2.29. The molecule has 0 fully saturated rings. The minimum Gasteiger partial charge on any atom is -0.355 e. The molecule has 6 heteroatoms. The van der Waals surface area contributed by atoms with Crippen molar-refractivity contribution in [2.75, 3.05) is 11.4 Å². The van der Waals surface area contributed by atoms with E-state index < -0.39 is 0 Å². The summed E-state index contributed by atoms with van der Waals surface area (Å²) in [5, 5.41) is 3.92. The number of carbonyl (C=O) groups excluding carboxylic acids is 1. The molecule has 1 aliphatic rings. The Morgan fingerprint density at radius 1 is 1.27 bits per heavy atom. The Bertz CT molecular complexity index is 855. The number of amides is 1. The lowest BCUT2D eigenvalue weighted by Gasteiger charge is -2.15. The van der Waals surface area contributed by atoms with Crippen LogP contribution in [0.3, 0.4) is 0 Å². The second-order valence-electron chi connectivity index (χ2n) is 5.02. The molecule has 0 unspecified atom stereocenters. The van der Waals surface area contributed by atoms with Crippen LogP contribution in [-0.2, 0) is 6.42 Å². The van der Waals surface area contributed by atoms with Crippen molar-refractivity contribution in [3.63, 3.8) is 0 Å². The summed E-state index contributed by atoms with van der Waals surface area (Å²) >= 11 is 7.31. The maximum absolute atomic E-state index is 12.6. The molecule has 0 saturated carbocycles. The zero-order chi connectivity index (χ0) is 15.1. The number of aromatic nitrogens is 1. The average molecular weight is 331 g/mol. The van der Waals surface area contributed by atoms with Crippen molar-refractivity contribution in [2.24, 2.45) is 0 Å². The van der Waals surface area contributed by atoms with Crippen LogP contribution in [0.25, 0.3) is 10.6 Å². The van der Waals surface area contributed by atoms with Crippen LogP contribution in [0.4, 0.5) is 5.69 Å². The Morgan fingerprint density at radius 3 is 2.95 bits per heavy atom. The van der Waals surface area contributed by atoms with Gasteiger partial charge >= 0.3 is 0 Å². The van der Waals surface area contributed by atoms with Crippen LogP contribution < -0.4 is 4.90 Å². The van der Waals surface area contributed by atoms with E-state index in [1.807, 2.05) is 30.3 Å². The Morgan fingerprint density at radius 2 is 2.14 bits per heavy atom. The lowest BCUT2D eigenvalue weighted by molar-refractivity contribution is 0.0981. The number of hydrogen-bond donors (Lipinski definition) is 0. The summed E-state index contributed by atoms with van der Waals surface area (Å²) < 4.78 is 5.96. The molecule has 3 aromatic rings. The van der Waals surface area contributed by atoms with Crippen molar-refractivity contribution in [3.05, 3.63) is 58.1 Å². The molecule has 1 amide bonds. The summed E-state index contributed by atoms with van der Waals surface area (Å²) in [7, 11) is 0. The molecule has 0 N–H and O–H groups in total. The molecular formula is C16H11ClN2O2S. The molecule has 1 aliphatic heterocycles. The zero-order valence-corrected chi connectivity index (χ0v) is 13.0. The molecule has 4 rings (SSSR count). The van der Waals surface area contributed by atoms with Crippen LogP contribution in [0.1, 0.15) is 16.1 Å². The predicted molar refractivity (Wildman–Crippen MR) is 86.6 cm³/mol. The number of rotatable bonds is 2. The fourth-order valence-electron chi connectivity index (χ4n) is 2.63. The first-order valence-corrected chi connectivity index (χ1v) is 8.04. The molecule has 0 atom stereocenters. The van der Waals surface area contributed by atoms with Crippen LogP contribution in [0, 0.1) is 0 Å². The molecule has 0 bridgehead atoms. The zero-order valence-electron chi connectivity index (χ0n) is 11.5. The van der Waals surface area contributed by atoms with Crippen LogP contribution in [0.15, 0.2) is 47.0 Å². The van der Waals surface area contributed by atoms with Gasteiger partial charge < -0.3 is 9.42 Å². The Hall–Kier alpha value is -2.11. The minimum atomic E-state index is -0.136. The lowest BCUT2D eigenvalue weighted by atomic mass is 10.2. The Kier molecular flexibility index (Phi) is 3.24. The van der Waals surface area contributed by atoms with E-state index in [4.69, 9.17) is 16.1 Å². The van der Waals surface area contributed by atoms with Gasteiger partial charge in [-0.2, -0.15) is 0 Å². The van der Waals surface area contributed by atoms with Crippen LogP contribution in [0.5, 0.6) is 0 Å². The highest BCUT2D eigenvalue weighted by Crippen LogP contribution is 2.33. The quantitative estimate of drug-likeness (QED) is 0.705. The Labute approximate surface area is 135 Å². The van der Waals surface area contributed by atoms with Gasteiger partial charge in [0.15, 0.2) is 11.5 Å². The summed E-state index contributed by atoms with van der Waals surface area (Å²) in [6.07, 6.45) is 0.868. The van der Waals surface area contributed by atoms with Crippen molar-refractivity contribution in [3.8, 4) is 10.6 Å². The van der Waals surface area contributed by atoms with Gasteiger partial charge in [0.1, 0.15) is 0 Å². The number of hydrogen-bond acceptors (Lipinski definition) is 4. The van der Waals surface area contributed by atoms with Gasteiger partial charge in [-0.1, -0.05) is 35.0 Å². The maximum Gasteiger partial charge on any atom is 0.280 e. The highest BCUT2D eigenvalue weighted by Gasteiger charge is 2.27. The molecular weight excluding hydrogens is 320 g/mol. The molecule has 0 saturated heterocycles. The molecule has 0 aliphatic carbocycles. The van der Waals surface area contributed by atoms with Crippen molar-refractivity contribution in [2.45, 2.75) is 6.42 Å². The van der Waals surface area contributed by atoms with E-state index in [0.29, 0.717) is 22.3 Å². The standard InChI is InChI=1S/C16H11ClN2O2S/c17-15-6-5-14(22-15)13-9-11(18-21-13)16(20)19-8-7-10-3-1-2-4-12(10)19/h1-6,9H,7-8H2. The van der Waals surface area contributed by atoms with Gasteiger partial charge in [-0.3, -0.25) is 4.79 Å². The molecule has 22 heavy (non-hydrogen) atoms. The first-order valence-electron chi connectivity index (χ1n) is 6.84. The molecule has 4 nitrogen and oxygen atoms in total. The van der Waals surface area contributed by atoms with Crippen LogP contribution in [-0.4, -0.2) is 17.6 Å². The number of benzene rings is 1. The number of thiophene rings is 1. The third-order valence-electron chi connectivity index (χ3n) is 3.68. The molecule has 2 aromatic heterocycles. The monoisotopic (exact) mass is 330 g/mol. The summed E-state index contributed by atoms with van der Waals surface area (Å²) in [4.78, 5) is 15.2. The molecule has 3 heterocycles. The number of fused-ring (bicyclic) bond motifs is 1. The van der Waals surface area contributed by atoms with Crippen molar-refractivity contribution in [1.29, 1.82) is 0 Å². The number of carbonyl (C=O) groups is 1. The smallest absolute Gasteiger partial charge is 0.280 e. The van der Waals surface area contributed by atoms with E-state index in [0.717, 1.165) is 17.0 Å². The van der Waals surface area contributed by atoms with E-state index >= 15 is 0 Å². The van der Waals surface area contributed by atoms with Crippen molar-refractivity contribution >= 4 is 34.5 Å². The van der Waals surface area contributed by atoms with Gasteiger partial charge in [-0.15, -0.1) is 11.3 Å². The number of halogens is 1. The van der Waals surface area contributed by atoms with Crippen LogP contribution >= 0.6 is 22.9 Å². The van der Waals surface area contributed by atoms with Gasteiger partial charge in [0.05, 0.1) is 9.21 Å². The number of anilines is 1. The van der Waals surface area contributed by atoms with E-state index in [2.05, 4.69) is 5.16 Å². The largest absolute Gasteiger partial charge is 0.355 e. The van der Waals surface area contributed by atoms with E-state index in [-0.39, 0.29) is 5.91 Å². The highest BCUT2D eigenvalue weighted by atomic mass is 35.5. The fraction of sp³-hybridized carbons (Fsp3) is 0.125. The summed E-state index contributed by atoms with van der Waals surface area (Å²) in [5.41, 5.74) is 2.46. The number of para-hydroxylation sites is 1. The van der Waals surface area contributed by atoms with Crippen LogP contribution in [0.2, 0.25) is 4.34 Å². The predicted octanol–water partition coefficient (Wildman–Crippen LogP) is 4.26. The second kappa shape index (κ2) is 5.26.